The zero-order valence-corrected chi connectivity index (χ0v) is 16.5. The minimum absolute atomic E-state index is 0.0162. The van der Waals surface area contributed by atoms with Gasteiger partial charge >= 0.3 is 6.03 Å². The monoisotopic (exact) mass is 404 g/mol. The van der Waals surface area contributed by atoms with Crippen molar-refractivity contribution < 1.29 is 24.0 Å². The van der Waals surface area contributed by atoms with Gasteiger partial charge in [-0.25, -0.2) is 10.3 Å². The van der Waals surface area contributed by atoms with Crippen molar-refractivity contribution in [3.05, 3.63) is 35.9 Å². The average molecular weight is 404 g/mol. The van der Waals surface area contributed by atoms with Crippen LogP contribution in [-0.4, -0.2) is 84.9 Å². The molecule has 29 heavy (non-hydrogen) atoms. The number of benzene rings is 1. The van der Waals surface area contributed by atoms with Crippen LogP contribution in [-0.2, 0) is 25.8 Å². The Kier molecular flexibility index (Phi) is 6.60. The Balaban J connectivity index is 1.22. The second kappa shape index (κ2) is 9.53. The van der Waals surface area contributed by atoms with Gasteiger partial charge in [0.25, 0.3) is 5.91 Å². The van der Waals surface area contributed by atoms with Gasteiger partial charge in [0.2, 0.25) is 0 Å². The van der Waals surface area contributed by atoms with E-state index in [0.717, 1.165) is 44.8 Å². The summed E-state index contributed by atoms with van der Waals surface area (Å²) in [5.74, 6) is -0.274. The fourth-order valence-corrected chi connectivity index (χ4v) is 3.98. The number of fused-ring (bicyclic) bond motifs is 2. The lowest BCUT2D eigenvalue weighted by molar-refractivity contribution is -0.141. The number of carbonyl (C=O) groups excluding carboxylic acids is 2. The quantitative estimate of drug-likeness (QED) is 0.509. The number of hydroxylamine groups is 3. The third-order valence-corrected chi connectivity index (χ3v) is 5.62. The van der Waals surface area contributed by atoms with Crippen molar-refractivity contribution in [2.45, 2.75) is 31.5 Å². The summed E-state index contributed by atoms with van der Waals surface area (Å²) in [6.07, 6.45) is 1.32. The maximum absolute atomic E-state index is 12.7. The zero-order valence-electron chi connectivity index (χ0n) is 16.5. The molecule has 158 valence electrons. The number of hydrogen-bond donors (Lipinski definition) is 1. The molecular formula is C20H28N4O5. The third-order valence-electron chi connectivity index (χ3n) is 5.62. The first kappa shape index (κ1) is 20.1. The van der Waals surface area contributed by atoms with Gasteiger partial charge in [-0.3, -0.25) is 19.4 Å². The van der Waals surface area contributed by atoms with Gasteiger partial charge in [0.1, 0.15) is 12.6 Å². The molecule has 9 heteroatoms. The number of hydrogen-bond acceptors (Lipinski definition) is 6. The number of nitrogens with zero attached hydrogens (tertiary/aromatic N) is 3. The first-order chi connectivity index (χ1) is 14.2. The van der Waals surface area contributed by atoms with Crippen molar-refractivity contribution in [1.82, 2.24) is 20.3 Å². The van der Waals surface area contributed by atoms with Crippen molar-refractivity contribution in [1.29, 1.82) is 0 Å². The van der Waals surface area contributed by atoms with E-state index in [-0.39, 0.29) is 18.0 Å². The van der Waals surface area contributed by atoms with Crippen LogP contribution in [0.15, 0.2) is 30.3 Å². The van der Waals surface area contributed by atoms with E-state index in [1.54, 1.807) is 4.90 Å². The van der Waals surface area contributed by atoms with E-state index < -0.39 is 6.04 Å². The molecule has 9 nitrogen and oxygen atoms in total. The Labute approximate surface area is 170 Å². The second-order valence-corrected chi connectivity index (χ2v) is 7.54. The number of amides is 3. The number of rotatable bonds is 8. The number of carbonyl (C=O) groups is 2. The van der Waals surface area contributed by atoms with Crippen LogP contribution in [0.2, 0.25) is 0 Å². The molecule has 0 saturated carbocycles. The Bertz CT molecular complexity index is 697. The first-order valence-corrected chi connectivity index (χ1v) is 10.2. The van der Waals surface area contributed by atoms with Gasteiger partial charge in [0, 0.05) is 26.2 Å². The molecule has 1 aromatic carbocycles. The van der Waals surface area contributed by atoms with E-state index in [0.29, 0.717) is 26.2 Å². The van der Waals surface area contributed by atoms with Crippen LogP contribution < -0.4 is 5.48 Å². The molecule has 0 spiro atoms. The summed E-state index contributed by atoms with van der Waals surface area (Å²) in [6.45, 7) is 5.19. The largest absolute Gasteiger partial charge is 0.379 e. The Morgan fingerprint density at radius 3 is 2.76 bits per heavy atom. The van der Waals surface area contributed by atoms with Crippen LogP contribution >= 0.6 is 0 Å². The Morgan fingerprint density at radius 1 is 1.17 bits per heavy atom. The molecule has 0 aliphatic carbocycles. The molecule has 3 saturated heterocycles. The van der Waals surface area contributed by atoms with Crippen LogP contribution in [0.1, 0.15) is 18.4 Å². The molecule has 3 amide bonds. The standard InChI is InChI=1S/C20H28N4O5/c25-19(21-28-13-10-22-8-11-27-12-9-22)18-7-6-17-14-23(18)20(26)24(17)29-15-16-4-2-1-3-5-16/h1-5,17-18H,6-15H2,(H,21,25)/t17-,18+/m1/s1. The summed E-state index contributed by atoms with van der Waals surface area (Å²) >= 11 is 0. The molecule has 0 aromatic heterocycles. The molecule has 2 atom stereocenters. The lowest BCUT2D eigenvalue weighted by Gasteiger charge is -2.29. The molecule has 0 unspecified atom stereocenters. The number of morpholine rings is 1. The summed E-state index contributed by atoms with van der Waals surface area (Å²) in [6, 6.07) is 8.93. The average Bonchev–Trinajstić information content (AvgIpc) is 3.00. The number of ether oxygens (including phenoxy) is 1. The summed E-state index contributed by atoms with van der Waals surface area (Å²) in [7, 11) is 0. The molecule has 2 bridgehead atoms. The molecule has 3 heterocycles. The minimum atomic E-state index is -0.521. The predicted molar refractivity (Wildman–Crippen MR) is 103 cm³/mol. The normalized spacial score (nSPS) is 24.8. The fraction of sp³-hybridized carbons (Fsp3) is 0.600. The zero-order chi connectivity index (χ0) is 20.1. The molecule has 4 rings (SSSR count). The maximum Gasteiger partial charge on any atom is 0.345 e. The molecule has 3 fully saturated rings. The van der Waals surface area contributed by atoms with Gasteiger partial charge in [0.15, 0.2) is 0 Å². The predicted octanol–water partition coefficient (Wildman–Crippen LogP) is 0.767. The van der Waals surface area contributed by atoms with Crippen LogP contribution in [0, 0.1) is 0 Å². The van der Waals surface area contributed by atoms with Gasteiger partial charge in [0.05, 0.1) is 25.9 Å². The molecule has 3 aliphatic heterocycles. The van der Waals surface area contributed by atoms with Crippen molar-refractivity contribution in [3.63, 3.8) is 0 Å². The number of piperidine rings is 1. The summed E-state index contributed by atoms with van der Waals surface area (Å²) in [5.41, 5.74) is 3.52. The van der Waals surface area contributed by atoms with E-state index in [1.165, 1.54) is 5.06 Å². The highest BCUT2D eigenvalue weighted by Gasteiger charge is 2.48. The Morgan fingerprint density at radius 2 is 1.97 bits per heavy atom. The van der Waals surface area contributed by atoms with E-state index >= 15 is 0 Å². The van der Waals surface area contributed by atoms with Crippen LogP contribution in [0.3, 0.4) is 0 Å². The minimum Gasteiger partial charge on any atom is -0.379 e. The third kappa shape index (κ3) is 4.87. The SMILES string of the molecule is O=C(NOCCN1CCOCC1)[C@@H]1CC[C@@H]2CN1C(=O)N2OCc1ccccc1. The Hall–Kier alpha value is -2.20. The highest BCUT2D eigenvalue weighted by Crippen LogP contribution is 2.30. The van der Waals surface area contributed by atoms with Gasteiger partial charge in [-0.05, 0) is 18.4 Å². The van der Waals surface area contributed by atoms with Gasteiger partial charge in [-0.15, -0.1) is 0 Å². The highest BCUT2D eigenvalue weighted by molar-refractivity contribution is 5.88. The van der Waals surface area contributed by atoms with Crippen molar-refractivity contribution in [2.75, 3.05) is 46.0 Å². The number of nitrogens with one attached hydrogen (secondary N) is 1. The van der Waals surface area contributed by atoms with Gasteiger partial charge < -0.3 is 9.64 Å². The molecular weight excluding hydrogens is 376 g/mol. The topological polar surface area (TPSA) is 83.6 Å². The molecule has 3 aliphatic rings. The summed E-state index contributed by atoms with van der Waals surface area (Å²) < 4.78 is 5.31. The van der Waals surface area contributed by atoms with E-state index in [9.17, 15) is 9.59 Å². The second-order valence-electron chi connectivity index (χ2n) is 7.54. The summed E-state index contributed by atoms with van der Waals surface area (Å²) in [4.78, 5) is 40.2. The van der Waals surface area contributed by atoms with Gasteiger partial charge in [-0.2, -0.15) is 5.06 Å². The van der Waals surface area contributed by atoms with Crippen molar-refractivity contribution in [2.24, 2.45) is 0 Å². The smallest absolute Gasteiger partial charge is 0.345 e. The van der Waals surface area contributed by atoms with Crippen molar-refractivity contribution in [3.8, 4) is 0 Å². The highest BCUT2D eigenvalue weighted by atomic mass is 16.7. The fourth-order valence-electron chi connectivity index (χ4n) is 3.98. The van der Waals surface area contributed by atoms with E-state index in [1.807, 2.05) is 30.3 Å². The van der Waals surface area contributed by atoms with Gasteiger partial charge in [-0.1, -0.05) is 30.3 Å². The first-order valence-electron chi connectivity index (χ1n) is 10.2. The maximum atomic E-state index is 12.7. The van der Waals surface area contributed by atoms with E-state index in [2.05, 4.69) is 10.4 Å². The number of urea groups is 1. The lowest BCUT2D eigenvalue weighted by atomic mass is 10.0. The van der Waals surface area contributed by atoms with Crippen molar-refractivity contribution >= 4 is 11.9 Å². The molecule has 0 radical (unpaired) electrons. The van der Waals surface area contributed by atoms with Crippen LogP contribution in [0.4, 0.5) is 4.79 Å². The van der Waals surface area contributed by atoms with Crippen LogP contribution in [0.5, 0.6) is 0 Å². The molecule has 1 aromatic rings. The van der Waals surface area contributed by atoms with Crippen LogP contribution in [0.25, 0.3) is 0 Å². The lowest BCUT2D eigenvalue weighted by Crippen LogP contribution is -2.50. The van der Waals surface area contributed by atoms with E-state index in [4.69, 9.17) is 14.4 Å². The molecule has 1 N–H and O–H groups in total. The summed E-state index contributed by atoms with van der Waals surface area (Å²) in [5, 5.41) is 1.43.